The quantitative estimate of drug-likeness (QED) is 0.396. The van der Waals surface area contributed by atoms with Gasteiger partial charge in [0.25, 0.3) is 0 Å². The van der Waals surface area contributed by atoms with Crippen molar-refractivity contribution in [3.8, 4) is 0 Å². The number of nitrogens with one attached hydrogen (secondary N) is 2. The summed E-state index contributed by atoms with van der Waals surface area (Å²) in [7, 11) is 1.34. The summed E-state index contributed by atoms with van der Waals surface area (Å²) in [5.41, 5.74) is 6.07. The third-order valence-electron chi connectivity index (χ3n) is 7.37. The predicted octanol–water partition coefficient (Wildman–Crippen LogP) is 3.85. The molecule has 5 rings (SSSR count). The molecule has 11 nitrogen and oxygen atoms in total. The van der Waals surface area contributed by atoms with Gasteiger partial charge < -0.3 is 26.0 Å². The van der Waals surface area contributed by atoms with Crippen molar-refractivity contribution in [2.75, 3.05) is 30.8 Å². The van der Waals surface area contributed by atoms with Crippen LogP contribution < -0.4 is 16.4 Å². The van der Waals surface area contributed by atoms with E-state index in [1.54, 1.807) is 9.47 Å². The van der Waals surface area contributed by atoms with Crippen molar-refractivity contribution in [2.24, 2.45) is 11.7 Å². The fourth-order valence-corrected chi connectivity index (χ4v) is 5.33. The van der Waals surface area contributed by atoms with Gasteiger partial charge in [0.05, 0.1) is 19.0 Å². The number of methoxy groups -OCH3 is 1. The lowest BCUT2D eigenvalue weighted by Gasteiger charge is -2.32. The van der Waals surface area contributed by atoms with Crippen molar-refractivity contribution < 1.29 is 27.5 Å². The first-order chi connectivity index (χ1) is 18.7. The molecular weight excluding hydrogens is 517 g/mol. The summed E-state index contributed by atoms with van der Waals surface area (Å²) in [6.07, 6.45) is 4.97. The fourth-order valence-electron chi connectivity index (χ4n) is 5.33. The fraction of sp³-hybridized carbons (Fsp3) is 0.480. The predicted molar refractivity (Wildman–Crippen MR) is 136 cm³/mol. The summed E-state index contributed by atoms with van der Waals surface area (Å²) >= 11 is 0. The molecule has 4 N–H and O–H groups in total. The number of nitrogens with two attached hydrogens (primary N) is 1. The average molecular weight is 547 g/mol. The molecule has 1 saturated carbocycles. The van der Waals surface area contributed by atoms with E-state index in [-0.39, 0.29) is 35.5 Å². The molecule has 3 aromatic rings. The number of anilines is 3. The van der Waals surface area contributed by atoms with Gasteiger partial charge in [0.2, 0.25) is 17.8 Å². The Bertz CT molecular complexity index is 1390. The molecule has 2 aliphatic rings. The molecule has 0 spiro atoms. The van der Waals surface area contributed by atoms with Crippen LogP contribution in [0.3, 0.4) is 0 Å². The summed E-state index contributed by atoms with van der Waals surface area (Å²) in [5, 5.41) is 6.06. The van der Waals surface area contributed by atoms with Gasteiger partial charge in [0, 0.05) is 31.1 Å². The maximum Gasteiger partial charge on any atom is 0.409 e. The van der Waals surface area contributed by atoms with Gasteiger partial charge in [0.1, 0.15) is 5.52 Å². The van der Waals surface area contributed by atoms with Crippen LogP contribution in [0.15, 0.2) is 18.3 Å². The molecule has 0 unspecified atom stereocenters. The SMILES string of the molecule is COC(=O)N1CCC[C@@H](Nc2ncc3nc(Nc4ccc(F)c(F)c4F)n(C4CCC(C(N)=O)CC4)c3n2)C1. The monoisotopic (exact) mass is 546 g/mol. The first-order valence-corrected chi connectivity index (χ1v) is 12.8. The third kappa shape index (κ3) is 5.40. The van der Waals surface area contributed by atoms with Crippen LogP contribution in [0.1, 0.15) is 44.6 Å². The number of ether oxygens (including phenoxy) is 1. The number of carbonyl (C=O) groups is 2. The van der Waals surface area contributed by atoms with Crippen LogP contribution in [0.2, 0.25) is 0 Å². The zero-order valence-corrected chi connectivity index (χ0v) is 21.3. The summed E-state index contributed by atoms with van der Waals surface area (Å²) in [6, 6.07) is 1.64. The standard InChI is InChI=1S/C25H29F3N8O3/c1-39-25(38)35-10-2-3-14(12-35)31-23-30-11-18-22(34-23)36(15-6-4-13(5-7-15)21(29)37)24(33-18)32-17-9-8-16(26)19(27)20(17)28/h8-9,11,13-15H,2-7,10,12H2,1H3,(H2,29,37)(H,32,33)(H,30,31,34)/t13?,14-,15?/m1/s1. The number of halogens is 3. The van der Waals surface area contributed by atoms with E-state index < -0.39 is 23.5 Å². The number of primary amides is 1. The second-order valence-corrected chi connectivity index (χ2v) is 9.86. The van der Waals surface area contributed by atoms with E-state index in [0.29, 0.717) is 55.9 Å². The first kappa shape index (κ1) is 26.5. The van der Waals surface area contributed by atoms with E-state index >= 15 is 0 Å². The van der Waals surface area contributed by atoms with Gasteiger partial charge in [-0.3, -0.25) is 9.36 Å². The van der Waals surface area contributed by atoms with Gasteiger partial charge in [-0.25, -0.2) is 27.9 Å². The van der Waals surface area contributed by atoms with Crippen LogP contribution in [0, 0.1) is 23.4 Å². The number of hydrogen-bond donors (Lipinski definition) is 3. The van der Waals surface area contributed by atoms with Crippen molar-refractivity contribution in [1.82, 2.24) is 24.4 Å². The van der Waals surface area contributed by atoms with Crippen molar-refractivity contribution in [1.29, 1.82) is 0 Å². The summed E-state index contributed by atoms with van der Waals surface area (Å²) in [5.74, 6) is -4.36. The second-order valence-electron chi connectivity index (χ2n) is 9.86. The Morgan fingerprint density at radius 1 is 1.08 bits per heavy atom. The summed E-state index contributed by atoms with van der Waals surface area (Å²) in [4.78, 5) is 38.9. The molecule has 1 saturated heterocycles. The zero-order chi connectivity index (χ0) is 27.7. The van der Waals surface area contributed by atoms with Crippen molar-refractivity contribution in [3.63, 3.8) is 0 Å². The highest BCUT2D eigenvalue weighted by atomic mass is 19.2. The maximum absolute atomic E-state index is 14.5. The number of benzene rings is 1. The molecule has 208 valence electrons. The van der Waals surface area contributed by atoms with E-state index in [1.165, 1.54) is 13.3 Å². The van der Waals surface area contributed by atoms with Crippen LogP contribution in [-0.4, -0.2) is 62.7 Å². The molecule has 3 heterocycles. The van der Waals surface area contributed by atoms with Gasteiger partial charge in [0.15, 0.2) is 23.1 Å². The number of amides is 2. The first-order valence-electron chi connectivity index (χ1n) is 12.8. The Labute approximate surface area is 221 Å². The molecule has 1 aliphatic carbocycles. The smallest absolute Gasteiger partial charge is 0.409 e. The van der Waals surface area contributed by atoms with E-state index in [1.807, 2.05) is 0 Å². The second kappa shape index (κ2) is 10.9. The largest absolute Gasteiger partial charge is 0.453 e. The molecule has 2 aromatic heterocycles. The van der Waals surface area contributed by atoms with Crippen LogP contribution >= 0.6 is 0 Å². The molecule has 0 bridgehead atoms. The molecule has 2 amide bonds. The van der Waals surface area contributed by atoms with Gasteiger partial charge >= 0.3 is 6.09 Å². The molecule has 2 fully saturated rings. The number of fused-ring (bicyclic) bond motifs is 1. The molecule has 39 heavy (non-hydrogen) atoms. The molecule has 1 atom stereocenters. The van der Waals surface area contributed by atoms with Crippen molar-refractivity contribution in [3.05, 3.63) is 35.8 Å². The normalized spacial score (nSPS) is 21.5. The Morgan fingerprint density at radius 3 is 2.56 bits per heavy atom. The topological polar surface area (TPSA) is 140 Å². The number of rotatable bonds is 6. The Hall–Kier alpha value is -4.10. The van der Waals surface area contributed by atoms with Crippen LogP contribution in [-0.2, 0) is 9.53 Å². The third-order valence-corrected chi connectivity index (χ3v) is 7.37. The summed E-state index contributed by atoms with van der Waals surface area (Å²) < 4.78 is 48.6. The number of imidazole rings is 1. The summed E-state index contributed by atoms with van der Waals surface area (Å²) in [6.45, 7) is 1.02. The number of carbonyl (C=O) groups excluding carboxylic acids is 2. The lowest BCUT2D eigenvalue weighted by molar-refractivity contribution is -0.122. The van der Waals surface area contributed by atoms with Crippen molar-refractivity contribution in [2.45, 2.75) is 50.6 Å². The van der Waals surface area contributed by atoms with Crippen LogP contribution in [0.25, 0.3) is 11.2 Å². The number of likely N-dealkylation sites (tertiary alicyclic amines) is 1. The van der Waals surface area contributed by atoms with Crippen molar-refractivity contribution >= 4 is 40.7 Å². The van der Waals surface area contributed by atoms with Gasteiger partial charge in [-0.2, -0.15) is 4.98 Å². The Morgan fingerprint density at radius 2 is 1.85 bits per heavy atom. The van der Waals surface area contributed by atoms with Gasteiger partial charge in [-0.1, -0.05) is 0 Å². The lowest BCUT2D eigenvalue weighted by Crippen LogP contribution is -2.45. The van der Waals surface area contributed by atoms with E-state index in [2.05, 4.69) is 25.6 Å². The molecule has 14 heteroatoms. The van der Waals surface area contributed by atoms with E-state index in [4.69, 9.17) is 10.5 Å². The lowest BCUT2D eigenvalue weighted by atomic mass is 9.85. The highest BCUT2D eigenvalue weighted by Crippen LogP contribution is 2.37. The Balaban J connectivity index is 1.48. The van der Waals surface area contributed by atoms with E-state index in [0.717, 1.165) is 25.0 Å². The minimum absolute atomic E-state index is 0.105. The maximum atomic E-state index is 14.5. The molecule has 1 aromatic carbocycles. The number of aromatic nitrogens is 4. The minimum Gasteiger partial charge on any atom is -0.453 e. The molecular formula is C25H29F3N8O3. The van der Waals surface area contributed by atoms with Crippen LogP contribution in [0.4, 0.5) is 35.5 Å². The van der Waals surface area contributed by atoms with Crippen LogP contribution in [0.5, 0.6) is 0 Å². The molecule has 1 aliphatic heterocycles. The minimum atomic E-state index is -1.59. The highest BCUT2D eigenvalue weighted by Gasteiger charge is 2.30. The van der Waals surface area contributed by atoms with E-state index in [9.17, 15) is 22.8 Å². The van der Waals surface area contributed by atoms with Gasteiger partial charge in [-0.05, 0) is 50.7 Å². The highest BCUT2D eigenvalue weighted by molar-refractivity contribution is 5.78. The van der Waals surface area contributed by atoms with Gasteiger partial charge in [-0.15, -0.1) is 0 Å². The number of piperidine rings is 1. The number of nitrogens with zero attached hydrogens (tertiary/aromatic N) is 5. The molecule has 0 radical (unpaired) electrons. The Kier molecular flexibility index (Phi) is 7.44. The number of hydrogen-bond acceptors (Lipinski definition) is 8. The zero-order valence-electron chi connectivity index (χ0n) is 21.3. The average Bonchev–Trinajstić information content (AvgIpc) is 3.30.